The van der Waals surface area contributed by atoms with Crippen LogP contribution in [0.25, 0.3) is 0 Å². The maximum atomic E-state index is 10.5. The van der Waals surface area contributed by atoms with Gasteiger partial charge in [-0.1, -0.05) is 19.3 Å². The number of hydrogen-bond donors (Lipinski definition) is 2. The first-order valence-electron chi connectivity index (χ1n) is 7.90. The van der Waals surface area contributed by atoms with Crippen molar-refractivity contribution in [1.82, 2.24) is 4.57 Å². The molecule has 2 bridgehead atoms. The summed E-state index contributed by atoms with van der Waals surface area (Å²) in [4.78, 5) is 0. The molecule has 104 valence electrons. The molecule has 2 fully saturated rings. The molecule has 4 rings (SSSR count). The van der Waals surface area contributed by atoms with E-state index < -0.39 is 0 Å². The van der Waals surface area contributed by atoms with Crippen molar-refractivity contribution in [3.63, 3.8) is 0 Å². The molecule has 2 atom stereocenters. The van der Waals surface area contributed by atoms with Crippen LogP contribution in [0.1, 0.15) is 74.3 Å². The van der Waals surface area contributed by atoms with Crippen molar-refractivity contribution >= 4 is 0 Å². The first-order chi connectivity index (χ1) is 9.25. The van der Waals surface area contributed by atoms with Crippen molar-refractivity contribution in [2.45, 2.75) is 69.7 Å². The van der Waals surface area contributed by atoms with Gasteiger partial charge in [0.1, 0.15) is 0 Å². The van der Waals surface area contributed by atoms with Crippen LogP contribution in [0.4, 0.5) is 0 Å². The molecule has 2 unspecified atom stereocenters. The number of hydrogen-bond acceptors (Lipinski definition) is 2. The first kappa shape index (κ1) is 11.7. The summed E-state index contributed by atoms with van der Waals surface area (Å²) < 4.78 is 1.81. The summed E-state index contributed by atoms with van der Waals surface area (Å²) in [6, 6.07) is 0. The highest BCUT2D eigenvalue weighted by Crippen LogP contribution is 2.59. The minimum atomic E-state index is 0.380. The molecular formula is C16H23NO2. The van der Waals surface area contributed by atoms with Crippen LogP contribution in [0.3, 0.4) is 0 Å². The monoisotopic (exact) mass is 261 g/mol. The molecular weight excluding hydrogens is 238 g/mol. The van der Waals surface area contributed by atoms with Crippen molar-refractivity contribution in [2.75, 3.05) is 0 Å². The SMILES string of the molecule is Oc1c2c(c(O)n1CC1CCCCC1)C1CCC2C1. The van der Waals surface area contributed by atoms with Crippen molar-refractivity contribution in [1.29, 1.82) is 0 Å². The van der Waals surface area contributed by atoms with Crippen molar-refractivity contribution < 1.29 is 10.2 Å². The number of fused-ring (bicyclic) bond motifs is 5. The van der Waals surface area contributed by atoms with E-state index >= 15 is 0 Å². The van der Waals surface area contributed by atoms with Gasteiger partial charge < -0.3 is 10.2 Å². The molecule has 2 saturated carbocycles. The fourth-order valence-electron chi connectivity index (χ4n) is 4.74. The molecule has 0 aliphatic heterocycles. The van der Waals surface area contributed by atoms with Gasteiger partial charge in [-0.2, -0.15) is 0 Å². The second-order valence-corrected chi connectivity index (χ2v) is 6.80. The molecule has 2 N–H and O–H groups in total. The van der Waals surface area contributed by atoms with Gasteiger partial charge in [-0.15, -0.1) is 0 Å². The highest BCUT2D eigenvalue weighted by Gasteiger charge is 2.44. The fourth-order valence-corrected chi connectivity index (χ4v) is 4.74. The van der Waals surface area contributed by atoms with Crippen LogP contribution in [0, 0.1) is 5.92 Å². The van der Waals surface area contributed by atoms with Crippen LogP contribution in [0.5, 0.6) is 11.8 Å². The summed E-state index contributed by atoms with van der Waals surface area (Å²) in [6.45, 7) is 0.810. The quantitative estimate of drug-likeness (QED) is 0.849. The first-order valence-corrected chi connectivity index (χ1v) is 7.90. The highest BCUT2D eigenvalue weighted by atomic mass is 16.3. The van der Waals surface area contributed by atoms with Gasteiger partial charge in [0.25, 0.3) is 0 Å². The maximum absolute atomic E-state index is 10.5. The van der Waals surface area contributed by atoms with Crippen LogP contribution in [-0.4, -0.2) is 14.8 Å². The third-order valence-electron chi connectivity index (χ3n) is 5.70. The number of aromatic hydroxyl groups is 2. The Morgan fingerprint density at radius 3 is 2.00 bits per heavy atom. The lowest BCUT2D eigenvalue weighted by molar-refractivity contribution is 0.279. The van der Waals surface area contributed by atoms with Gasteiger partial charge in [-0.05, 0) is 49.9 Å². The van der Waals surface area contributed by atoms with Crippen molar-refractivity contribution in [3.05, 3.63) is 11.1 Å². The molecule has 3 aliphatic carbocycles. The largest absolute Gasteiger partial charge is 0.494 e. The Kier molecular flexibility index (Phi) is 2.58. The second-order valence-electron chi connectivity index (χ2n) is 6.80. The smallest absolute Gasteiger partial charge is 0.197 e. The predicted molar refractivity (Wildman–Crippen MR) is 73.7 cm³/mol. The zero-order valence-corrected chi connectivity index (χ0v) is 11.4. The summed E-state index contributed by atoms with van der Waals surface area (Å²) >= 11 is 0. The van der Waals surface area contributed by atoms with Gasteiger partial charge in [-0.25, -0.2) is 0 Å². The number of rotatable bonds is 2. The minimum Gasteiger partial charge on any atom is -0.494 e. The van der Waals surface area contributed by atoms with Crippen LogP contribution in [0.2, 0.25) is 0 Å². The Morgan fingerprint density at radius 2 is 1.42 bits per heavy atom. The van der Waals surface area contributed by atoms with Crippen LogP contribution in [-0.2, 0) is 6.54 Å². The van der Waals surface area contributed by atoms with E-state index in [2.05, 4.69) is 0 Å². The molecule has 1 aromatic rings. The minimum absolute atomic E-state index is 0.380. The molecule has 19 heavy (non-hydrogen) atoms. The summed E-state index contributed by atoms with van der Waals surface area (Å²) in [5, 5.41) is 21.0. The third-order valence-corrected chi connectivity index (χ3v) is 5.70. The van der Waals surface area contributed by atoms with E-state index in [4.69, 9.17) is 0 Å². The van der Waals surface area contributed by atoms with Crippen LogP contribution < -0.4 is 0 Å². The van der Waals surface area contributed by atoms with Crippen molar-refractivity contribution in [2.24, 2.45) is 5.92 Å². The summed E-state index contributed by atoms with van der Waals surface area (Å²) in [5.41, 5.74) is 2.18. The van der Waals surface area contributed by atoms with E-state index in [1.54, 1.807) is 0 Å². The van der Waals surface area contributed by atoms with E-state index in [9.17, 15) is 10.2 Å². The fraction of sp³-hybridized carbons (Fsp3) is 0.750. The molecule has 3 aliphatic rings. The summed E-state index contributed by atoms with van der Waals surface area (Å²) in [7, 11) is 0. The molecule has 3 nitrogen and oxygen atoms in total. The highest BCUT2D eigenvalue weighted by molar-refractivity contribution is 5.54. The van der Waals surface area contributed by atoms with Crippen molar-refractivity contribution in [3.8, 4) is 11.8 Å². The topological polar surface area (TPSA) is 45.4 Å². The lowest BCUT2D eigenvalue weighted by atomic mass is 9.89. The Morgan fingerprint density at radius 1 is 0.842 bits per heavy atom. The zero-order valence-electron chi connectivity index (χ0n) is 11.4. The molecule has 1 heterocycles. The average molecular weight is 261 g/mol. The number of nitrogens with zero attached hydrogens (tertiary/aromatic N) is 1. The second kappa shape index (κ2) is 4.19. The van der Waals surface area contributed by atoms with Gasteiger partial charge in [0, 0.05) is 17.7 Å². The standard InChI is InChI=1S/C16H23NO2/c18-15-13-11-6-7-12(8-11)14(13)16(19)17(15)9-10-4-2-1-3-5-10/h10-12,18-19H,1-9H2. The molecule has 0 saturated heterocycles. The van der Waals surface area contributed by atoms with E-state index in [0.29, 0.717) is 29.5 Å². The Labute approximate surface area is 114 Å². The predicted octanol–water partition coefficient (Wildman–Crippen LogP) is 3.84. The Balaban J connectivity index is 1.66. The number of aromatic nitrogens is 1. The zero-order chi connectivity index (χ0) is 13.0. The van der Waals surface area contributed by atoms with Gasteiger partial charge in [0.05, 0.1) is 0 Å². The Bertz CT molecular complexity index is 466. The Hall–Kier alpha value is -1.12. The molecule has 0 amide bonds. The van der Waals surface area contributed by atoms with E-state index in [0.717, 1.165) is 24.1 Å². The van der Waals surface area contributed by atoms with Gasteiger partial charge in [0.2, 0.25) is 0 Å². The summed E-state index contributed by atoms with van der Waals surface area (Å²) in [5.74, 6) is 2.42. The van der Waals surface area contributed by atoms with Crippen LogP contribution >= 0.6 is 0 Å². The van der Waals surface area contributed by atoms with Gasteiger partial charge in [0.15, 0.2) is 11.8 Å². The van der Waals surface area contributed by atoms with Gasteiger partial charge in [-0.3, -0.25) is 4.57 Å². The maximum Gasteiger partial charge on any atom is 0.197 e. The molecule has 0 spiro atoms. The van der Waals surface area contributed by atoms with Crippen LogP contribution in [0.15, 0.2) is 0 Å². The average Bonchev–Trinajstić information content (AvgIpc) is 3.10. The third kappa shape index (κ3) is 1.63. The molecule has 0 aromatic carbocycles. The van der Waals surface area contributed by atoms with E-state index in [1.165, 1.54) is 44.9 Å². The van der Waals surface area contributed by atoms with Gasteiger partial charge >= 0.3 is 0 Å². The lowest BCUT2D eigenvalue weighted by Gasteiger charge is -2.23. The molecule has 3 heteroatoms. The molecule has 0 radical (unpaired) electrons. The molecule has 1 aromatic heterocycles. The normalized spacial score (nSPS) is 29.9. The summed E-state index contributed by atoms with van der Waals surface area (Å²) in [6.07, 6.45) is 9.98. The lowest BCUT2D eigenvalue weighted by Crippen LogP contribution is -2.14. The van der Waals surface area contributed by atoms with E-state index in [-0.39, 0.29) is 0 Å². The van der Waals surface area contributed by atoms with E-state index in [1.807, 2.05) is 4.57 Å².